The molecule has 1 fully saturated rings. The summed E-state index contributed by atoms with van der Waals surface area (Å²) in [6.07, 6.45) is 0. The van der Waals surface area contributed by atoms with Crippen molar-refractivity contribution in [2.75, 3.05) is 0 Å². The molecule has 2 radical (unpaired) electrons. The Morgan fingerprint density at radius 3 is 1.45 bits per heavy atom. The van der Waals surface area contributed by atoms with Crippen molar-refractivity contribution in [3.63, 3.8) is 0 Å². The quantitative estimate of drug-likeness (QED) is 0.747. The van der Waals surface area contributed by atoms with E-state index in [1.807, 2.05) is 26.2 Å². The lowest BCUT2D eigenvalue weighted by molar-refractivity contribution is 0.234. The van der Waals surface area contributed by atoms with Crippen LogP contribution in [-0.4, -0.2) is 48.1 Å². The number of hydrogen-bond donors (Lipinski definition) is 2. The van der Waals surface area contributed by atoms with Crippen LogP contribution in [0.4, 0.5) is 0 Å². The molecular weight excluding hydrogens is 324 g/mol. The molecule has 2 N–H and O–H groups in total. The Labute approximate surface area is 128 Å². The molecule has 118 valence electrons. The predicted molar refractivity (Wildman–Crippen MR) is 87.4 cm³/mol. The van der Waals surface area contributed by atoms with Gasteiger partial charge in [-0.3, -0.25) is 9.96 Å². The van der Waals surface area contributed by atoms with Gasteiger partial charge in [-0.2, -0.15) is 0 Å². The van der Waals surface area contributed by atoms with Crippen LogP contribution in [0, 0.1) is 0 Å². The van der Waals surface area contributed by atoms with Gasteiger partial charge >= 0.3 is 36.0 Å². The monoisotopic (exact) mass is 352 g/mol. The number of rotatable bonds is 4. The summed E-state index contributed by atoms with van der Waals surface area (Å²) in [7, 11) is -7.71. The van der Waals surface area contributed by atoms with Crippen LogP contribution in [0.15, 0.2) is 0 Å². The van der Waals surface area contributed by atoms with Gasteiger partial charge in [-0.25, -0.2) is 0 Å². The Balaban J connectivity index is 2.94. The van der Waals surface area contributed by atoms with E-state index in [0.717, 1.165) is 0 Å². The molecule has 1 rings (SSSR count). The van der Waals surface area contributed by atoms with Crippen LogP contribution in [0.1, 0.15) is 27.7 Å². The second-order valence-corrected chi connectivity index (χ2v) is 15.5. The van der Waals surface area contributed by atoms with Crippen molar-refractivity contribution in [2.45, 2.75) is 66.0 Å². The summed E-state index contributed by atoms with van der Waals surface area (Å²) in [5.74, 6) is 0. The van der Waals surface area contributed by atoms with E-state index in [-0.39, 0.29) is 0 Å². The first kappa shape index (κ1) is 18.7. The molecule has 0 amide bonds. The van der Waals surface area contributed by atoms with Crippen LogP contribution < -0.4 is 9.96 Å². The van der Waals surface area contributed by atoms with E-state index in [1.165, 1.54) is 0 Å². The largest absolute Gasteiger partial charge is 0.414 e. The molecule has 0 bridgehead atoms. The third kappa shape index (κ3) is 6.17. The molecule has 1 aliphatic rings. The van der Waals surface area contributed by atoms with Gasteiger partial charge in [0, 0.05) is 0 Å². The van der Waals surface area contributed by atoms with E-state index < -0.39 is 36.0 Å². The summed E-state index contributed by atoms with van der Waals surface area (Å²) in [5, 5.41) is 0. The highest BCUT2D eigenvalue weighted by Gasteiger charge is 2.49. The van der Waals surface area contributed by atoms with Crippen LogP contribution in [0.5, 0.6) is 0 Å². The Morgan fingerprint density at radius 2 is 1.15 bits per heavy atom. The molecule has 0 aliphatic carbocycles. The Bertz CT molecular complexity index is 298. The lowest BCUT2D eigenvalue weighted by Gasteiger charge is -2.42. The lowest BCUT2D eigenvalue weighted by atomic mass is 10.4. The fourth-order valence-electron chi connectivity index (χ4n) is 2.37. The summed E-state index contributed by atoms with van der Waals surface area (Å²) < 4.78 is 24.6. The van der Waals surface area contributed by atoms with Crippen LogP contribution in [0.2, 0.25) is 26.2 Å². The molecule has 0 spiro atoms. The number of nitrogens with one attached hydrogen (secondary N) is 2. The third-order valence-corrected chi connectivity index (χ3v) is 15.5. The second-order valence-electron chi connectivity index (χ2n) is 5.88. The Hall–Kier alpha value is 0.628. The molecule has 1 saturated heterocycles. The highest BCUT2D eigenvalue weighted by Crippen LogP contribution is 2.20. The average molecular weight is 353 g/mol. The Morgan fingerprint density at radius 1 is 0.800 bits per heavy atom. The van der Waals surface area contributed by atoms with Crippen LogP contribution in [-0.2, 0) is 16.5 Å². The van der Waals surface area contributed by atoms with Gasteiger partial charge in [0.25, 0.3) is 0 Å². The second kappa shape index (κ2) is 7.26. The maximum absolute atomic E-state index is 6.41. The zero-order valence-corrected chi connectivity index (χ0v) is 17.8. The van der Waals surface area contributed by atoms with Crippen LogP contribution in [0.3, 0.4) is 0 Å². The van der Waals surface area contributed by atoms with Crippen molar-refractivity contribution in [3.05, 3.63) is 0 Å². The maximum Gasteiger partial charge on any atom is 0.405 e. The van der Waals surface area contributed by atoms with Gasteiger partial charge in [-0.05, 0) is 38.3 Å². The van der Waals surface area contributed by atoms with Crippen LogP contribution in [0.25, 0.3) is 0 Å². The van der Waals surface area contributed by atoms with Gasteiger partial charge in [-0.15, -0.1) is 0 Å². The van der Waals surface area contributed by atoms with E-state index in [4.69, 9.17) is 16.5 Å². The molecule has 6 nitrogen and oxygen atoms in total. The van der Waals surface area contributed by atoms with Gasteiger partial charge in [-0.1, -0.05) is 27.7 Å². The summed E-state index contributed by atoms with van der Waals surface area (Å²) in [4.78, 5) is 6.93. The lowest BCUT2D eigenvalue weighted by Crippen LogP contribution is -2.71. The minimum Gasteiger partial charge on any atom is -0.414 e. The highest BCUT2D eigenvalue weighted by atomic mass is 28.5. The molecule has 1 aliphatic heterocycles. The highest BCUT2D eigenvalue weighted by molar-refractivity contribution is 6.85. The first-order valence-electron chi connectivity index (χ1n) is 7.02. The number of hydrogen-bond acceptors (Lipinski definition) is 6. The van der Waals surface area contributed by atoms with E-state index >= 15 is 0 Å². The van der Waals surface area contributed by atoms with E-state index in [1.54, 1.807) is 0 Å². The molecule has 2 unspecified atom stereocenters. The van der Waals surface area contributed by atoms with Gasteiger partial charge in [0.15, 0.2) is 0 Å². The first-order chi connectivity index (χ1) is 9.03. The first-order valence-corrected chi connectivity index (χ1v) is 15.3. The molecule has 1 heterocycles. The standard InChI is InChI=1S/C10H28N2O4Si4/c1-9(2)11-19(7)14-17(5)13-18(6)15-20(8,16-19)12-10(3)4/h9-12H,1-8H3. The zero-order chi connectivity index (χ0) is 15.6. The van der Waals surface area contributed by atoms with Crippen molar-refractivity contribution in [3.8, 4) is 0 Å². The smallest absolute Gasteiger partial charge is 0.405 e. The maximum atomic E-state index is 6.41. The van der Waals surface area contributed by atoms with Gasteiger partial charge in [0.1, 0.15) is 0 Å². The van der Waals surface area contributed by atoms with E-state index in [9.17, 15) is 0 Å². The summed E-state index contributed by atoms with van der Waals surface area (Å²) in [6, 6.07) is 0.592. The van der Waals surface area contributed by atoms with Crippen molar-refractivity contribution >= 4 is 36.0 Å². The van der Waals surface area contributed by atoms with Crippen LogP contribution >= 0.6 is 0 Å². The van der Waals surface area contributed by atoms with Crippen molar-refractivity contribution in [1.82, 2.24) is 9.96 Å². The molecule has 0 saturated carbocycles. The van der Waals surface area contributed by atoms with Gasteiger partial charge in [0.05, 0.1) is 0 Å². The zero-order valence-electron chi connectivity index (χ0n) is 13.8. The molecule has 2 atom stereocenters. The Kier molecular flexibility index (Phi) is 6.78. The molecule has 0 aromatic rings. The summed E-state index contributed by atoms with van der Waals surface area (Å²) in [5.41, 5.74) is 0. The van der Waals surface area contributed by atoms with Gasteiger partial charge in [0.2, 0.25) is 0 Å². The topological polar surface area (TPSA) is 61.0 Å². The molecular formula is C10H28N2O4Si4. The van der Waals surface area contributed by atoms with Crippen molar-refractivity contribution in [2.24, 2.45) is 0 Å². The summed E-state index contributed by atoms with van der Waals surface area (Å²) in [6.45, 7) is 16.4. The average Bonchev–Trinajstić information content (AvgIpc) is 2.08. The van der Waals surface area contributed by atoms with Crippen molar-refractivity contribution < 1.29 is 16.5 Å². The third-order valence-electron chi connectivity index (χ3n) is 2.46. The SMILES string of the molecule is CC(C)N[Si]1(C)O[Si](C)O[Si](C)O[Si](C)(NC(C)C)O1. The van der Waals surface area contributed by atoms with E-state index in [0.29, 0.717) is 12.1 Å². The van der Waals surface area contributed by atoms with Gasteiger partial charge < -0.3 is 16.5 Å². The molecule has 10 heteroatoms. The minimum absolute atomic E-state index is 0.296. The molecule has 0 aromatic heterocycles. The van der Waals surface area contributed by atoms with Crippen molar-refractivity contribution in [1.29, 1.82) is 0 Å². The fourth-order valence-corrected chi connectivity index (χ4v) is 16.6. The molecule has 0 aromatic carbocycles. The predicted octanol–water partition coefficient (Wildman–Crippen LogP) is 1.44. The summed E-state index contributed by atoms with van der Waals surface area (Å²) >= 11 is 0. The fraction of sp³-hybridized carbons (Fsp3) is 1.00. The minimum atomic E-state index is -2.52. The van der Waals surface area contributed by atoms with E-state index in [2.05, 4.69) is 37.7 Å². The molecule has 20 heavy (non-hydrogen) atoms. The normalized spacial score (nSPS) is 34.5.